The summed E-state index contributed by atoms with van der Waals surface area (Å²) in [6.45, 7) is 0.208. The first-order valence-electron chi connectivity index (χ1n) is 6.50. The first-order chi connectivity index (χ1) is 10.6. The molecule has 0 aliphatic rings. The van der Waals surface area contributed by atoms with Gasteiger partial charge in [-0.2, -0.15) is 0 Å². The van der Waals surface area contributed by atoms with Gasteiger partial charge in [0.05, 0.1) is 17.1 Å². The van der Waals surface area contributed by atoms with Crippen molar-refractivity contribution in [2.24, 2.45) is 5.16 Å². The summed E-state index contributed by atoms with van der Waals surface area (Å²) >= 11 is 11.9. The summed E-state index contributed by atoms with van der Waals surface area (Å²) in [4.78, 5) is 17.0. The molecule has 0 aromatic heterocycles. The van der Waals surface area contributed by atoms with E-state index >= 15 is 0 Å². The molecule has 4 nitrogen and oxygen atoms in total. The molecule has 2 aromatic carbocycles. The van der Waals surface area contributed by atoms with Crippen LogP contribution in [-0.2, 0) is 4.84 Å². The molecule has 0 heterocycles. The Morgan fingerprint density at radius 2 is 1.82 bits per heavy atom. The second kappa shape index (κ2) is 7.82. The summed E-state index contributed by atoms with van der Waals surface area (Å²) in [7, 11) is 1.45. The number of halogens is 2. The molecule has 114 valence electrons. The van der Waals surface area contributed by atoms with Crippen molar-refractivity contribution in [2.45, 2.75) is 0 Å². The van der Waals surface area contributed by atoms with Gasteiger partial charge in [0.1, 0.15) is 12.8 Å². The number of hydrogen-bond acceptors (Lipinski definition) is 3. The lowest BCUT2D eigenvalue weighted by atomic mass is 10.1. The molecule has 0 unspecified atom stereocenters. The van der Waals surface area contributed by atoms with E-state index in [9.17, 15) is 4.79 Å². The average molecular weight is 337 g/mol. The zero-order chi connectivity index (χ0) is 15.9. The lowest BCUT2D eigenvalue weighted by Crippen LogP contribution is -2.30. The molecular weight excluding hydrogens is 323 g/mol. The predicted octanol–water partition coefficient (Wildman–Crippen LogP) is 3.77. The second-order valence-electron chi connectivity index (χ2n) is 4.39. The topological polar surface area (TPSA) is 50.7 Å². The Kier molecular flexibility index (Phi) is 5.81. The average Bonchev–Trinajstić information content (AvgIpc) is 2.52. The summed E-state index contributed by atoms with van der Waals surface area (Å²) in [5.41, 5.74) is 1.81. The van der Waals surface area contributed by atoms with Crippen molar-refractivity contribution in [2.75, 3.05) is 13.7 Å². The van der Waals surface area contributed by atoms with Crippen LogP contribution in [0.1, 0.15) is 15.9 Å². The number of nitrogens with one attached hydrogen (secondary N) is 1. The van der Waals surface area contributed by atoms with Crippen LogP contribution in [0.4, 0.5) is 0 Å². The molecule has 22 heavy (non-hydrogen) atoms. The smallest absolute Gasteiger partial charge is 0.253 e. The van der Waals surface area contributed by atoms with Gasteiger partial charge in [-0.1, -0.05) is 52.6 Å². The number of amides is 1. The van der Waals surface area contributed by atoms with Gasteiger partial charge in [-0.05, 0) is 24.3 Å². The van der Waals surface area contributed by atoms with Crippen LogP contribution in [0.3, 0.4) is 0 Å². The van der Waals surface area contributed by atoms with Crippen LogP contribution in [0.5, 0.6) is 0 Å². The number of oxime groups is 1. The van der Waals surface area contributed by atoms with Crippen LogP contribution in [-0.4, -0.2) is 25.3 Å². The highest BCUT2D eigenvalue weighted by atomic mass is 35.5. The molecule has 0 atom stereocenters. The Balaban J connectivity index is 2.10. The third kappa shape index (κ3) is 4.23. The molecule has 0 radical (unpaired) electrons. The maximum absolute atomic E-state index is 12.1. The lowest BCUT2D eigenvalue weighted by molar-refractivity contribution is 0.0959. The molecule has 0 bridgehead atoms. The third-order valence-corrected chi connectivity index (χ3v) is 3.50. The van der Waals surface area contributed by atoms with E-state index in [-0.39, 0.29) is 12.5 Å². The van der Waals surface area contributed by atoms with E-state index in [2.05, 4.69) is 10.5 Å². The fourth-order valence-electron chi connectivity index (χ4n) is 1.84. The molecule has 6 heteroatoms. The van der Waals surface area contributed by atoms with Crippen LogP contribution < -0.4 is 5.32 Å². The molecule has 0 saturated heterocycles. The van der Waals surface area contributed by atoms with E-state index in [0.717, 1.165) is 5.56 Å². The third-order valence-electron chi connectivity index (χ3n) is 2.91. The number of nitrogens with zero attached hydrogens (tertiary/aromatic N) is 1. The highest BCUT2D eigenvalue weighted by molar-refractivity contribution is 6.33. The van der Waals surface area contributed by atoms with Crippen molar-refractivity contribution in [3.8, 4) is 0 Å². The lowest BCUT2D eigenvalue weighted by Gasteiger charge is -2.09. The van der Waals surface area contributed by atoms with E-state index < -0.39 is 0 Å². The van der Waals surface area contributed by atoms with Gasteiger partial charge < -0.3 is 10.2 Å². The minimum Gasteiger partial charge on any atom is -0.399 e. The number of benzene rings is 2. The van der Waals surface area contributed by atoms with Gasteiger partial charge in [-0.15, -0.1) is 0 Å². The molecule has 1 N–H and O–H groups in total. The molecule has 2 aromatic rings. The Morgan fingerprint density at radius 1 is 1.14 bits per heavy atom. The minimum atomic E-state index is -0.275. The van der Waals surface area contributed by atoms with Crippen LogP contribution in [0.2, 0.25) is 10.0 Å². The van der Waals surface area contributed by atoms with Gasteiger partial charge in [0.15, 0.2) is 0 Å². The van der Waals surface area contributed by atoms with Crippen molar-refractivity contribution in [3.63, 3.8) is 0 Å². The van der Waals surface area contributed by atoms with Gasteiger partial charge >= 0.3 is 0 Å². The maximum atomic E-state index is 12.1. The molecule has 0 aliphatic heterocycles. The summed E-state index contributed by atoms with van der Waals surface area (Å²) in [6.07, 6.45) is 0. The highest BCUT2D eigenvalue weighted by Gasteiger charge is 2.11. The summed E-state index contributed by atoms with van der Waals surface area (Å²) in [5, 5.41) is 7.73. The Morgan fingerprint density at radius 3 is 2.45 bits per heavy atom. The second-order valence-corrected chi connectivity index (χ2v) is 5.23. The largest absolute Gasteiger partial charge is 0.399 e. The van der Waals surface area contributed by atoms with E-state index in [1.54, 1.807) is 36.4 Å². The number of hydrogen-bond donors (Lipinski definition) is 1. The molecular formula is C16H14Cl2N2O2. The van der Waals surface area contributed by atoms with Crippen molar-refractivity contribution >= 4 is 34.8 Å². The zero-order valence-electron chi connectivity index (χ0n) is 11.8. The van der Waals surface area contributed by atoms with Crippen molar-refractivity contribution in [3.05, 3.63) is 69.7 Å². The van der Waals surface area contributed by atoms with Crippen molar-refractivity contribution in [1.29, 1.82) is 0 Å². The summed E-state index contributed by atoms with van der Waals surface area (Å²) < 4.78 is 0. The Labute approximate surface area is 138 Å². The fourth-order valence-corrected chi connectivity index (χ4v) is 2.19. The normalized spacial score (nSPS) is 11.1. The van der Waals surface area contributed by atoms with Gasteiger partial charge in [0, 0.05) is 10.6 Å². The quantitative estimate of drug-likeness (QED) is 0.667. The van der Waals surface area contributed by atoms with Gasteiger partial charge in [-0.3, -0.25) is 4.79 Å². The van der Waals surface area contributed by atoms with Crippen LogP contribution in [0, 0.1) is 0 Å². The van der Waals surface area contributed by atoms with Gasteiger partial charge in [-0.25, -0.2) is 0 Å². The standard InChI is InChI=1S/C16H14Cl2N2O2/c1-22-20-15(11-6-8-12(17)9-7-11)10-19-16(21)13-4-2-3-5-14(13)18/h2-9H,10H2,1H3,(H,19,21)/b20-15+. The maximum Gasteiger partial charge on any atom is 0.253 e. The van der Waals surface area contributed by atoms with Gasteiger partial charge in [0.25, 0.3) is 5.91 Å². The number of carbonyl (C=O) groups excluding carboxylic acids is 1. The molecule has 2 rings (SSSR count). The van der Waals surface area contributed by atoms with Crippen LogP contribution >= 0.6 is 23.2 Å². The zero-order valence-corrected chi connectivity index (χ0v) is 13.4. The molecule has 0 saturated carbocycles. The summed E-state index contributed by atoms with van der Waals surface area (Å²) in [6, 6.07) is 14.0. The predicted molar refractivity (Wildman–Crippen MR) is 88.8 cm³/mol. The van der Waals surface area contributed by atoms with E-state index in [1.807, 2.05) is 12.1 Å². The molecule has 0 aliphatic carbocycles. The molecule has 1 amide bonds. The van der Waals surface area contributed by atoms with Crippen LogP contribution in [0.15, 0.2) is 53.7 Å². The molecule has 0 spiro atoms. The van der Waals surface area contributed by atoms with E-state index in [4.69, 9.17) is 28.0 Å². The minimum absolute atomic E-state index is 0.208. The number of carbonyl (C=O) groups is 1. The van der Waals surface area contributed by atoms with Gasteiger partial charge in [0.2, 0.25) is 0 Å². The SMILES string of the molecule is CO/N=C(\CNC(=O)c1ccccc1Cl)c1ccc(Cl)cc1. The van der Waals surface area contributed by atoms with Crippen LogP contribution in [0.25, 0.3) is 0 Å². The summed E-state index contributed by atoms with van der Waals surface area (Å²) in [5.74, 6) is -0.275. The van der Waals surface area contributed by atoms with E-state index in [0.29, 0.717) is 21.3 Å². The first-order valence-corrected chi connectivity index (χ1v) is 7.26. The highest BCUT2D eigenvalue weighted by Crippen LogP contribution is 2.15. The Hall–Kier alpha value is -2.04. The fraction of sp³-hybridized carbons (Fsp3) is 0.125. The number of rotatable bonds is 5. The first kappa shape index (κ1) is 16.3. The monoisotopic (exact) mass is 336 g/mol. The van der Waals surface area contributed by atoms with Crippen molar-refractivity contribution in [1.82, 2.24) is 5.32 Å². The molecule has 0 fully saturated rings. The van der Waals surface area contributed by atoms with Crippen molar-refractivity contribution < 1.29 is 9.63 Å². The Bertz CT molecular complexity index is 685. The van der Waals surface area contributed by atoms with E-state index in [1.165, 1.54) is 7.11 Å².